The molecular formula is C21H36N2. The van der Waals surface area contributed by atoms with Crippen molar-refractivity contribution < 1.29 is 0 Å². The van der Waals surface area contributed by atoms with Gasteiger partial charge in [-0.25, -0.2) is 0 Å². The van der Waals surface area contributed by atoms with Gasteiger partial charge in [0, 0.05) is 24.0 Å². The Morgan fingerprint density at radius 2 is 1.70 bits per heavy atom. The van der Waals surface area contributed by atoms with E-state index in [2.05, 4.69) is 73.5 Å². The number of hydrogen-bond acceptors (Lipinski definition) is 2. The van der Waals surface area contributed by atoms with E-state index in [1.807, 2.05) is 0 Å². The Kier molecular flexibility index (Phi) is 5.56. The fourth-order valence-corrected chi connectivity index (χ4v) is 4.36. The van der Waals surface area contributed by atoms with E-state index in [-0.39, 0.29) is 0 Å². The van der Waals surface area contributed by atoms with Gasteiger partial charge in [-0.2, -0.15) is 0 Å². The van der Waals surface area contributed by atoms with Crippen molar-refractivity contribution in [1.29, 1.82) is 0 Å². The second-order valence-corrected chi connectivity index (χ2v) is 8.41. The lowest BCUT2D eigenvalue weighted by Gasteiger charge is -2.43. The summed E-state index contributed by atoms with van der Waals surface area (Å²) < 4.78 is 0. The Balaban J connectivity index is 2.76. The molecule has 0 saturated heterocycles. The first-order chi connectivity index (χ1) is 10.7. The number of hydrogen-bond donors (Lipinski definition) is 0. The largest absolute Gasteiger partial charge is 0.300 e. The number of rotatable bonds is 2. The Hall–Kier alpha value is -0.890. The molecule has 1 aromatic heterocycles. The molecule has 0 amide bonds. The second-order valence-electron chi connectivity index (χ2n) is 8.41. The van der Waals surface area contributed by atoms with E-state index in [4.69, 9.17) is 4.98 Å². The van der Waals surface area contributed by atoms with Gasteiger partial charge in [-0.3, -0.25) is 4.98 Å². The van der Waals surface area contributed by atoms with Crippen LogP contribution in [0.1, 0.15) is 95.0 Å². The van der Waals surface area contributed by atoms with Crippen molar-refractivity contribution in [2.24, 2.45) is 5.92 Å². The molecule has 2 heteroatoms. The first-order valence-electron chi connectivity index (χ1n) is 9.37. The summed E-state index contributed by atoms with van der Waals surface area (Å²) in [6.45, 7) is 18.8. The van der Waals surface area contributed by atoms with Gasteiger partial charge >= 0.3 is 0 Å². The van der Waals surface area contributed by atoms with Crippen molar-refractivity contribution in [2.75, 3.05) is 7.05 Å². The van der Waals surface area contributed by atoms with Crippen LogP contribution in [0.5, 0.6) is 0 Å². The molecule has 0 fully saturated rings. The first kappa shape index (κ1) is 18.4. The Labute approximate surface area is 143 Å². The summed E-state index contributed by atoms with van der Waals surface area (Å²) in [6, 6.07) is 1.15. The highest BCUT2D eigenvalue weighted by molar-refractivity contribution is 5.44. The van der Waals surface area contributed by atoms with E-state index in [1.165, 1.54) is 23.2 Å². The maximum atomic E-state index is 4.79. The predicted octanol–water partition coefficient (Wildman–Crippen LogP) is 5.47. The topological polar surface area (TPSA) is 16.1 Å². The van der Waals surface area contributed by atoms with Crippen LogP contribution in [0.25, 0.3) is 0 Å². The molecule has 2 nitrogen and oxygen atoms in total. The summed E-state index contributed by atoms with van der Waals surface area (Å²) in [5.74, 6) is 2.33. The molecule has 1 aliphatic rings. The molecule has 23 heavy (non-hydrogen) atoms. The third-order valence-electron chi connectivity index (χ3n) is 6.30. The van der Waals surface area contributed by atoms with Crippen molar-refractivity contribution in [3.63, 3.8) is 0 Å². The average Bonchev–Trinajstić information content (AvgIpc) is 2.48. The molecule has 1 aromatic rings. The van der Waals surface area contributed by atoms with Gasteiger partial charge in [-0.15, -0.1) is 0 Å². The maximum absolute atomic E-state index is 4.79. The Morgan fingerprint density at radius 1 is 1.09 bits per heavy atom. The van der Waals surface area contributed by atoms with Gasteiger partial charge in [0.15, 0.2) is 0 Å². The smallest absolute Gasteiger partial charge is 0.0410 e. The standard InChI is InChI=1S/C21H36N2/c1-12(2)18-10-14(5)23(9)17(8)15(6)20-16(7)22-11-19(13(3)4)21(18)20/h11-15,17-18H,10H2,1-9H3/t14-,15-,17+,18?/m1/s1. The summed E-state index contributed by atoms with van der Waals surface area (Å²) in [4.78, 5) is 7.36. The molecule has 2 rings (SSSR count). The summed E-state index contributed by atoms with van der Waals surface area (Å²) in [6.07, 6.45) is 3.39. The lowest BCUT2D eigenvalue weighted by atomic mass is 9.72. The molecule has 2 heterocycles. The van der Waals surface area contributed by atoms with Crippen molar-refractivity contribution in [3.8, 4) is 0 Å². The van der Waals surface area contributed by atoms with E-state index < -0.39 is 0 Å². The first-order valence-corrected chi connectivity index (χ1v) is 9.37. The van der Waals surface area contributed by atoms with Crippen LogP contribution in [-0.4, -0.2) is 29.0 Å². The lowest BCUT2D eigenvalue weighted by Crippen LogP contribution is -2.43. The van der Waals surface area contributed by atoms with E-state index in [0.29, 0.717) is 35.8 Å². The van der Waals surface area contributed by atoms with Crippen molar-refractivity contribution in [1.82, 2.24) is 9.88 Å². The fourth-order valence-electron chi connectivity index (χ4n) is 4.36. The minimum Gasteiger partial charge on any atom is -0.300 e. The van der Waals surface area contributed by atoms with Crippen molar-refractivity contribution in [2.45, 2.75) is 91.6 Å². The predicted molar refractivity (Wildman–Crippen MR) is 100 cm³/mol. The van der Waals surface area contributed by atoms with Gasteiger partial charge < -0.3 is 4.90 Å². The lowest BCUT2D eigenvalue weighted by molar-refractivity contribution is 0.148. The molecule has 0 bridgehead atoms. The summed E-state index contributed by atoms with van der Waals surface area (Å²) in [7, 11) is 2.29. The fraction of sp³-hybridized carbons (Fsp3) is 0.762. The molecule has 1 unspecified atom stereocenters. The van der Waals surface area contributed by atoms with E-state index >= 15 is 0 Å². The molecule has 0 saturated carbocycles. The number of aryl methyl sites for hydroxylation is 1. The third kappa shape index (κ3) is 3.33. The number of aromatic nitrogens is 1. The maximum Gasteiger partial charge on any atom is 0.0410 e. The van der Waals surface area contributed by atoms with E-state index in [0.717, 1.165) is 0 Å². The van der Waals surface area contributed by atoms with Gasteiger partial charge in [0.2, 0.25) is 0 Å². The molecule has 0 N–H and O–H groups in total. The molecule has 0 aromatic carbocycles. The van der Waals surface area contributed by atoms with Crippen LogP contribution in [0.3, 0.4) is 0 Å². The van der Waals surface area contributed by atoms with Crippen LogP contribution in [0.2, 0.25) is 0 Å². The van der Waals surface area contributed by atoms with Crippen LogP contribution in [0, 0.1) is 12.8 Å². The molecule has 1 aliphatic heterocycles. The van der Waals surface area contributed by atoms with Crippen LogP contribution >= 0.6 is 0 Å². The van der Waals surface area contributed by atoms with Crippen LogP contribution in [0.4, 0.5) is 0 Å². The highest BCUT2D eigenvalue weighted by atomic mass is 15.2. The quantitative estimate of drug-likeness (QED) is 0.719. The molecule has 4 atom stereocenters. The summed E-state index contributed by atoms with van der Waals surface area (Å²) >= 11 is 0. The average molecular weight is 317 g/mol. The highest BCUT2D eigenvalue weighted by Crippen LogP contribution is 2.43. The van der Waals surface area contributed by atoms with Gasteiger partial charge in [0.05, 0.1) is 0 Å². The van der Waals surface area contributed by atoms with Crippen LogP contribution in [-0.2, 0) is 0 Å². The zero-order chi connectivity index (χ0) is 17.5. The molecule has 130 valence electrons. The number of pyridine rings is 1. The molecule has 0 radical (unpaired) electrons. The SMILES string of the molecule is Cc1ncc(C(C)C)c2c1[C@H](C)[C@H](C)N(C)[C@H](C)CC2C(C)C. The molecule has 0 spiro atoms. The van der Waals surface area contributed by atoms with E-state index in [1.54, 1.807) is 5.56 Å². The molecule has 0 aliphatic carbocycles. The monoisotopic (exact) mass is 316 g/mol. The zero-order valence-corrected chi connectivity index (χ0v) is 16.6. The highest BCUT2D eigenvalue weighted by Gasteiger charge is 2.35. The number of fused-ring (bicyclic) bond motifs is 1. The number of likely N-dealkylation sites (N-methyl/N-ethyl adjacent to an activating group) is 1. The van der Waals surface area contributed by atoms with Gasteiger partial charge in [0.25, 0.3) is 0 Å². The number of nitrogens with zero attached hydrogens (tertiary/aromatic N) is 2. The van der Waals surface area contributed by atoms with Crippen molar-refractivity contribution >= 4 is 0 Å². The van der Waals surface area contributed by atoms with E-state index in [9.17, 15) is 0 Å². The van der Waals surface area contributed by atoms with Gasteiger partial charge in [0.1, 0.15) is 0 Å². The summed E-state index contributed by atoms with van der Waals surface area (Å²) in [5, 5.41) is 0. The van der Waals surface area contributed by atoms with Gasteiger partial charge in [-0.1, -0.05) is 34.6 Å². The Bertz CT molecular complexity index is 547. The third-order valence-corrected chi connectivity index (χ3v) is 6.30. The minimum absolute atomic E-state index is 0.519. The second kappa shape index (κ2) is 6.93. The Morgan fingerprint density at radius 3 is 2.22 bits per heavy atom. The summed E-state index contributed by atoms with van der Waals surface area (Å²) in [5.41, 5.74) is 5.86. The normalized spacial score (nSPS) is 29.5. The van der Waals surface area contributed by atoms with Crippen LogP contribution in [0.15, 0.2) is 6.20 Å². The van der Waals surface area contributed by atoms with Crippen molar-refractivity contribution in [3.05, 3.63) is 28.6 Å². The minimum atomic E-state index is 0.519. The van der Waals surface area contributed by atoms with Gasteiger partial charge in [-0.05, 0) is 74.6 Å². The zero-order valence-electron chi connectivity index (χ0n) is 16.6. The molecular weight excluding hydrogens is 280 g/mol. The van der Waals surface area contributed by atoms with Crippen LogP contribution < -0.4 is 0 Å².